The van der Waals surface area contributed by atoms with Crippen LogP contribution in [0, 0.1) is 6.92 Å². The van der Waals surface area contributed by atoms with Crippen molar-refractivity contribution in [1.82, 2.24) is 39.0 Å². The van der Waals surface area contributed by atoms with E-state index in [9.17, 15) is 9.50 Å². The molecule has 0 saturated carbocycles. The summed E-state index contributed by atoms with van der Waals surface area (Å²) in [4.78, 5) is 25.0. The number of nitrogen functional groups attached to an aromatic ring is 2. The topological polar surface area (TPSA) is 181 Å². The smallest absolute Gasteiger partial charge is 0.854 e. The summed E-state index contributed by atoms with van der Waals surface area (Å²) in [6.45, 7) is 5.49. The Kier molecular flexibility index (Phi) is 15.1. The van der Waals surface area contributed by atoms with E-state index in [1.165, 1.54) is 6.42 Å². The number of halogens is 2. The first-order valence-electron chi connectivity index (χ1n) is 14.3. The predicted molar refractivity (Wildman–Crippen MR) is 154 cm³/mol. The first-order valence-corrected chi connectivity index (χ1v) is 14.0. The van der Waals surface area contributed by atoms with Crippen molar-refractivity contribution in [3.8, 4) is 0 Å². The van der Waals surface area contributed by atoms with Gasteiger partial charge in [-0.2, -0.15) is 9.97 Å². The van der Waals surface area contributed by atoms with Crippen LogP contribution in [0.25, 0.3) is 22.3 Å². The summed E-state index contributed by atoms with van der Waals surface area (Å²) >= 11 is 5.81. The summed E-state index contributed by atoms with van der Waals surface area (Å²) in [7, 11) is -1.00. The molecular weight excluding hydrogens is 578 g/mol. The molecule has 6 heterocycles. The number of hydrogen-bond donors (Lipinski definition) is 2. The van der Waals surface area contributed by atoms with Gasteiger partial charge in [-0.15, -0.1) is 6.61 Å². The van der Waals surface area contributed by atoms with E-state index in [1.54, 1.807) is 12.7 Å². The molecule has 2 unspecified atom stereocenters. The molecule has 0 spiro atoms. The van der Waals surface area contributed by atoms with Gasteiger partial charge in [-0.1, -0.05) is 19.8 Å². The van der Waals surface area contributed by atoms with Crippen LogP contribution in [0.4, 0.5) is 16.0 Å². The minimum absolute atomic E-state index is 0. The third-order valence-electron chi connectivity index (χ3n) is 6.41. The van der Waals surface area contributed by atoms with Crippen molar-refractivity contribution in [2.24, 2.45) is 0 Å². The zero-order chi connectivity index (χ0) is 30.5. The van der Waals surface area contributed by atoms with Crippen molar-refractivity contribution in [3.63, 3.8) is 0 Å². The SMILES string of the molecule is CCCC[O-].Cc1nc(N)c2ncn(C3CCCCO3)c2n1.Nc1nc(Cl)nc2c1ncn2C1CCCCO1.[2H]CF.[Na+]. The molecule has 2 aliphatic rings. The molecule has 4 aromatic rings. The Morgan fingerprint density at radius 2 is 1.45 bits per heavy atom. The maximum Gasteiger partial charge on any atom is 1.00 e. The van der Waals surface area contributed by atoms with Crippen LogP contribution in [0.5, 0.6) is 0 Å². The Morgan fingerprint density at radius 1 is 0.952 bits per heavy atom. The first-order chi connectivity index (χ1) is 20.3. The Morgan fingerprint density at radius 3 is 1.88 bits per heavy atom. The van der Waals surface area contributed by atoms with Gasteiger partial charge in [-0.3, -0.25) is 13.5 Å². The van der Waals surface area contributed by atoms with Crippen LogP contribution in [-0.2, 0) is 9.47 Å². The first kappa shape index (κ1) is 34.3. The number of anilines is 2. The molecule has 2 fully saturated rings. The van der Waals surface area contributed by atoms with Gasteiger partial charge in [0.05, 0.1) is 21.2 Å². The van der Waals surface area contributed by atoms with E-state index in [2.05, 4.69) is 29.9 Å². The zero-order valence-electron chi connectivity index (χ0n) is 25.5. The van der Waals surface area contributed by atoms with E-state index in [4.69, 9.17) is 33.9 Å². The number of fused-ring (bicyclic) bond motifs is 2. The Bertz CT molecular complexity index is 1280. The van der Waals surface area contributed by atoms with Gasteiger partial charge in [0.2, 0.25) is 5.28 Å². The van der Waals surface area contributed by atoms with Crippen LogP contribution in [0.15, 0.2) is 12.7 Å². The molecule has 0 aromatic carbocycles. The average molecular weight is 618 g/mol. The fourth-order valence-electron chi connectivity index (χ4n) is 4.41. The number of alkyl halides is 1. The van der Waals surface area contributed by atoms with Gasteiger partial charge in [0, 0.05) is 13.2 Å². The number of ether oxygens (including phenoxy) is 2. The Hall–Kier alpha value is -2.20. The van der Waals surface area contributed by atoms with Crippen LogP contribution >= 0.6 is 11.6 Å². The number of rotatable bonds is 4. The summed E-state index contributed by atoms with van der Waals surface area (Å²) in [6, 6.07) is 0. The van der Waals surface area contributed by atoms with Gasteiger partial charge in [-0.05, 0) is 57.0 Å². The predicted octanol–water partition coefficient (Wildman–Crippen LogP) is 0.914. The van der Waals surface area contributed by atoms with Gasteiger partial charge in [0.25, 0.3) is 0 Å². The van der Waals surface area contributed by atoms with Crippen LogP contribution in [0.1, 0.15) is 77.9 Å². The second-order valence-electron chi connectivity index (χ2n) is 9.38. The second kappa shape index (κ2) is 18.5. The molecule has 0 amide bonds. The van der Waals surface area contributed by atoms with Crippen molar-refractivity contribution in [2.45, 2.75) is 77.7 Å². The van der Waals surface area contributed by atoms with Crippen LogP contribution in [0.2, 0.25) is 5.28 Å². The van der Waals surface area contributed by atoms with Crippen LogP contribution < -0.4 is 46.1 Å². The van der Waals surface area contributed by atoms with Gasteiger partial charge in [0.1, 0.15) is 29.3 Å². The number of nitrogens with zero attached hydrogens (tertiary/aromatic N) is 8. The summed E-state index contributed by atoms with van der Waals surface area (Å²) in [5.74, 6) is 1.39. The number of nitrogens with two attached hydrogens (primary N) is 2. The third-order valence-corrected chi connectivity index (χ3v) is 6.58. The maximum atomic E-state index is 9.96. The third kappa shape index (κ3) is 9.40. The number of unbranched alkanes of at least 4 members (excludes halogenated alkanes) is 1. The van der Waals surface area contributed by atoms with Gasteiger partial charge in [0.15, 0.2) is 22.9 Å². The largest absolute Gasteiger partial charge is 1.00 e. The van der Waals surface area contributed by atoms with E-state index >= 15 is 0 Å². The number of imidazole rings is 2. The monoisotopic (exact) mass is 617 g/mol. The van der Waals surface area contributed by atoms with E-state index in [0.29, 0.717) is 34.1 Å². The molecule has 4 aromatic heterocycles. The normalized spacial score (nSPS) is 18.4. The van der Waals surface area contributed by atoms with Crippen molar-refractivity contribution >= 4 is 45.6 Å². The molecule has 4 N–H and O–H groups in total. The summed E-state index contributed by atoms with van der Waals surface area (Å²) < 4.78 is 30.8. The summed E-state index contributed by atoms with van der Waals surface area (Å²) in [6.07, 6.45) is 11.8. The number of aryl methyl sites for hydroxylation is 1. The number of aromatic nitrogens is 8. The van der Waals surface area contributed by atoms with Crippen molar-refractivity contribution < 1.29 is 49.9 Å². The maximum absolute atomic E-state index is 9.96. The fraction of sp³-hybridized carbons (Fsp3) is 0.615. The van der Waals surface area contributed by atoms with E-state index in [1.807, 2.05) is 23.0 Å². The molecule has 6 rings (SSSR count). The van der Waals surface area contributed by atoms with Crippen LogP contribution in [0.3, 0.4) is 0 Å². The fourth-order valence-corrected chi connectivity index (χ4v) is 4.59. The van der Waals surface area contributed by atoms with Gasteiger partial charge >= 0.3 is 29.6 Å². The molecule has 2 atom stereocenters. The van der Waals surface area contributed by atoms with E-state index in [-0.39, 0.29) is 53.9 Å². The molecule has 42 heavy (non-hydrogen) atoms. The molecule has 2 saturated heterocycles. The van der Waals surface area contributed by atoms with Crippen molar-refractivity contribution in [2.75, 3.05) is 38.4 Å². The number of hydrogen-bond acceptors (Lipinski definition) is 11. The Labute approximate surface area is 273 Å². The minimum atomic E-state index is -1.00. The molecule has 0 radical (unpaired) electrons. The average Bonchev–Trinajstić information content (AvgIpc) is 3.61. The molecule has 2 aliphatic heterocycles. The molecule has 13 nitrogen and oxygen atoms in total. The molecule has 226 valence electrons. The van der Waals surface area contributed by atoms with E-state index in [0.717, 1.165) is 63.8 Å². The zero-order valence-corrected chi connectivity index (χ0v) is 27.3. The van der Waals surface area contributed by atoms with E-state index < -0.39 is 7.15 Å². The van der Waals surface area contributed by atoms with Gasteiger partial charge in [-0.25, -0.2) is 19.9 Å². The molecule has 0 bridgehead atoms. The quantitative estimate of drug-likeness (QED) is 0.245. The standard InChI is InChI=1S/C11H15N5O.C10H12ClN5O.C4H9O.CH3F.Na/c1-7-14-10(12)9-11(15-7)16(6-13-9)8-4-2-3-5-17-8;11-10-14-8(12)7-9(15-10)16(5-13-7)6-3-1-2-4-17-6;1-2-3-4-5;1-2;/h6,8H,2-5H2,1H3,(H2,12,14,15);5-6H,1-4H2,(H2,12,14,15);2-4H2,1H3;1H3;/q;;-1;;+1/i;;;1D;. The van der Waals surface area contributed by atoms with Crippen LogP contribution in [-0.4, -0.2) is 66.0 Å². The van der Waals surface area contributed by atoms with Gasteiger partial charge < -0.3 is 26.0 Å². The van der Waals surface area contributed by atoms with Crippen molar-refractivity contribution in [1.29, 1.82) is 0 Å². The summed E-state index contributed by atoms with van der Waals surface area (Å²) in [5.41, 5.74) is 14.2. The van der Waals surface area contributed by atoms with Crippen molar-refractivity contribution in [3.05, 3.63) is 23.8 Å². The molecule has 16 heteroatoms. The molecular formula is C26H39ClFN10NaO3. The minimum Gasteiger partial charge on any atom is -0.854 e. The second-order valence-corrected chi connectivity index (χ2v) is 9.72. The summed E-state index contributed by atoms with van der Waals surface area (Å²) in [5, 5.41) is 9.66. The molecule has 0 aliphatic carbocycles. The Balaban J connectivity index is 0.000000237.